The fourth-order valence-electron chi connectivity index (χ4n) is 0.475. The summed E-state index contributed by atoms with van der Waals surface area (Å²) < 4.78 is 0.806. The number of aromatic nitrogens is 3. The van der Waals surface area contributed by atoms with Gasteiger partial charge >= 0.3 is 6.09 Å². The van der Waals surface area contributed by atoms with E-state index in [2.05, 4.69) is 10.3 Å². The zero-order valence-corrected chi connectivity index (χ0v) is 4.77. The van der Waals surface area contributed by atoms with Gasteiger partial charge in [-0.25, -0.2) is 4.79 Å². The van der Waals surface area contributed by atoms with Crippen LogP contribution in [0.5, 0.6) is 0 Å². The van der Waals surface area contributed by atoms with Crippen LogP contribution < -0.4 is 0 Å². The highest BCUT2D eigenvalue weighted by atomic mass is 16.4. The number of rotatable bonds is 0. The van der Waals surface area contributed by atoms with Crippen LogP contribution >= 0.6 is 0 Å². The molecule has 0 aromatic carbocycles. The predicted octanol–water partition coefficient (Wildman–Crippen LogP) is 0.113. The van der Waals surface area contributed by atoms with Gasteiger partial charge in [0, 0.05) is 0 Å². The molecule has 1 rings (SSSR count). The maximum atomic E-state index is 10.1. The fourth-order valence-corrected chi connectivity index (χ4v) is 0.475. The summed E-state index contributed by atoms with van der Waals surface area (Å²) in [4.78, 5) is 10.1. The SMILES string of the molecule is Cc1cnnn1C(=O)O. The zero-order valence-electron chi connectivity index (χ0n) is 4.77. The lowest BCUT2D eigenvalue weighted by molar-refractivity contribution is 0.191. The van der Waals surface area contributed by atoms with Gasteiger partial charge in [-0.2, -0.15) is 0 Å². The predicted molar refractivity (Wildman–Crippen MR) is 28.2 cm³/mol. The number of carbonyl (C=O) groups is 1. The van der Waals surface area contributed by atoms with Gasteiger partial charge in [-0.15, -0.1) is 9.78 Å². The topological polar surface area (TPSA) is 68.0 Å². The molecule has 0 bridgehead atoms. The van der Waals surface area contributed by atoms with E-state index in [-0.39, 0.29) is 0 Å². The standard InChI is InChI=1S/C4H5N3O2/c1-3-2-5-6-7(3)4(8)9/h2H,1H3,(H,8,9). The summed E-state index contributed by atoms with van der Waals surface area (Å²) in [5, 5.41) is 15.0. The van der Waals surface area contributed by atoms with Crippen molar-refractivity contribution in [2.45, 2.75) is 6.92 Å². The Morgan fingerprint density at radius 2 is 2.56 bits per heavy atom. The molecular formula is C4H5N3O2. The average Bonchev–Trinajstić information content (AvgIpc) is 2.13. The van der Waals surface area contributed by atoms with Crippen LogP contribution in [0.4, 0.5) is 4.79 Å². The van der Waals surface area contributed by atoms with E-state index in [1.165, 1.54) is 6.20 Å². The van der Waals surface area contributed by atoms with E-state index in [1.807, 2.05) is 0 Å². The van der Waals surface area contributed by atoms with Gasteiger partial charge in [-0.05, 0) is 6.92 Å². The third-order valence-corrected chi connectivity index (χ3v) is 0.901. The lowest BCUT2D eigenvalue weighted by atomic mass is 10.5. The number of hydrogen-bond donors (Lipinski definition) is 1. The van der Waals surface area contributed by atoms with Gasteiger partial charge in [0.2, 0.25) is 0 Å². The molecule has 0 amide bonds. The molecule has 1 aromatic heterocycles. The van der Waals surface area contributed by atoms with Crippen LogP contribution in [0.3, 0.4) is 0 Å². The van der Waals surface area contributed by atoms with E-state index in [9.17, 15) is 4.79 Å². The molecule has 9 heavy (non-hydrogen) atoms. The molecule has 0 aliphatic heterocycles. The highest BCUT2D eigenvalue weighted by molar-refractivity contribution is 5.67. The summed E-state index contributed by atoms with van der Waals surface area (Å²) in [6.45, 7) is 1.62. The Morgan fingerprint density at radius 3 is 2.78 bits per heavy atom. The second kappa shape index (κ2) is 1.85. The Bertz CT molecular complexity index is 229. The molecule has 0 unspecified atom stereocenters. The molecule has 1 N–H and O–H groups in total. The van der Waals surface area contributed by atoms with Crippen LogP contribution in [0.2, 0.25) is 0 Å². The lowest BCUT2D eigenvalue weighted by Gasteiger charge is -1.89. The fraction of sp³-hybridized carbons (Fsp3) is 0.250. The first-order valence-electron chi connectivity index (χ1n) is 2.32. The van der Waals surface area contributed by atoms with Crippen molar-refractivity contribution in [1.29, 1.82) is 0 Å². The van der Waals surface area contributed by atoms with Crippen LogP contribution in [-0.4, -0.2) is 26.2 Å². The van der Waals surface area contributed by atoms with Crippen molar-refractivity contribution in [3.63, 3.8) is 0 Å². The van der Waals surface area contributed by atoms with Crippen molar-refractivity contribution >= 4 is 6.09 Å². The molecule has 0 spiro atoms. The van der Waals surface area contributed by atoms with Gasteiger partial charge in [-0.1, -0.05) is 5.21 Å². The smallest absolute Gasteiger partial charge is 0.433 e. The van der Waals surface area contributed by atoms with Gasteiger partial charge in [0.1, 0.15) is 0 Å². The van der Waals surface area contributed by atoms with Crippen molar-refractivity contribution < 1.29 is 9.90 Å². The Morgan fingerprint density at radius 1 is 1.89 bits per heavy atom. The van der Waals surface area contributed by atoms with Gasteiger partial charge in [-0.3, -0.25) is 0 Å². The average molecular weight is 127 g/mol. The van der Waals surface area contributed by atoms with E-state index in [0.717, 1.165) is 4.68 Å². The van der Waals surface area contributed by atoms with Gasteiger partial charge < -0.3 is 5.11 Å². The highest BCUT2D eigenvalue weighted by Crippen LogP contribution is 1.89. The molecule has 0 aliphatic rings. The summed E-state index contributed by atoms with van der Waals surface area (Å²) in [6.07, 6.45) is 0.277. The minimum absolute atomic E-state index is 0.516. The number of carboxylic acid groups (broad SMARTS) is 1. The van der Waals surface area contributed by atoms with E-state index in [0.29, 0.717) is 5.69 Å². The van der Waals surface area contributed by atoms with E-state index in [1.54, 1.807) is 6.92 Å². The molecule has 0 saturated heterocycles. The van der Waals surface area contributed by atoms with Crippen molar-refractivity contribution in [1.82, 2.24) is 15.0 Å². The normalized spacial score (nSPS) is 9.44. The third kappa shape index (κ3) is 0.883. The molecule has 0 fully saturated rings. The Kier molecular flexibility index (Phi) is 1.18. The second-order valence-corrected chi connectivity index (χ2v) is 1.57. The van der Waals surface area contributed by atoms with Crippen LogP contribution in [0.15, 0.2) is 6.20 Å². The monoisotopic (exact) mass is 127 g/mol. The van der Waals surface area contributed by atoms with E-state index in [4.69, 9.17) is 5.11 Å². The maximum Gasteiger partial charge on any atom is 0.433 e. The number of aryl methyl sites for hydroxylation is 1. The lowest BCUT2D eigenvalue weighted by Crippen LogP contribution is -2.11. The van der Waals surface area contributed by atoms with E-state index >= 15 is 0 Å². The summed E-state index contributed by atoms with van der Waals surface area (Å²) >= 11 is 0. The molecule has 0 saturated carbocycles. The van der Waals surface area contributed by atoms with Crippen LogP contribution in [0.25, 0.3) is 0 Å². The summed E-state index contributed by atoms with van der Waals surface area (Å²) in [5.41, 5.74) is 0.516. The zero-order chi connectivity index (χ0) is 6.85. The van der Waals surface area contributed by atoms with Crippen LogP contribution in [-0.2, 0) is 0 Å². The summed E-state index contributed by atoms with van der Waals surface area (Å²) in [7, 11) is 0. The first-order valence-corrected chi connectivity index (χ1v) is 2.32. The van der Waals surface area contributed by atoms with Crippen molar-refractivity contribution in [2.24, 2.45) is 0 Å². The van der Waals surface area contributed by atoms with Crippen molar-refractivity contribution in [3.05, 3.63) is 11.9 Å². The highest BCUT2D eigenvalue weighted by Gasteiger charge is 2.03. The second-order valence-electron chi connectivity index (χ2n) is 1.57. The minimum atomic E-state index is -1.11. The molecule has 48 valence electrons. The summed E-state index contributed by atoms with van der Waals surface area (Å²) in [5.74, 6) is 0. The van der Waals surface area contributed by atoms with Crippen LogP contribution in [0.1, 0.15) is 5.69 Å². The molecular weight excluding hydrogens is 122 g/mol. The maximum absolute atomic E-state index is 10.1. The minimum Gasteiger partial charge on any atom is -0.463 e. The molecule has 1 heterocycles. The Labute approximate surface area is 50.9 Å². The first kappa shape index (κ1) is 5.74. The van der Waals surface area contributed by atoms with E-state index < -0.39 is 6.09 Å². The van der Waals surface area contributed by atoms with Gasteiger partial charge in [0.05, 0.1) is 11.9 Å². The molecule has 5 nitrogen and oxygen atoms in total. The summed E-state index contributed by atoms with van der Waals surface area (Å²) in [6, 6.07) is 0. The first-order chi connectivity index (χ1) is 4.22. The molecule has 0 radical (unpaired) electrons. The Hall–Kier alpha value is -1.39. The van der Waals surface area contributed by atoms with Gasteiger partial charge in [0.25, 0.3) is 0 Å². The largest absolute Gasteiger partial charge is 0.463 e. The number of hydrogen-bond acceptors (Lipinski definition) is 3. The quantitative estimate of drug-likeness (QED) is 0.537. The number of nitrogens with zero attached hydrogens (tertiary/aromatic N) is 3. The third-order valence-electron chi connectivity index (χ3n) is 0.901. The Balaban J connectivity index is 3.08. The van der Waals surface area contributed by atoms with Crippen molar-refractivity contribution in [3.8, 4) is 0 Å². The molecule has 1 aromatic rings. The van der Waals surface area contributed by atoms with Crippen LogP contribution in [0, 0.1) is 6.92 Å². The molecule has 5 heteroatoms. The molecule has 0 aliphatic carbocycles. The van der Waals surface area contributed by atoms with Crippen molar-refractivity contribution in [2.75, 3.05) is 0 Å². The molecule has 0 atom stereocenters. The van der Waals surface area contributed by atoms with Gasteiger partial charge in [0.15, 0.2) is 0 Å².